The van der Waals surface area contributed by atoms with Crippen LogP contribution in [0, 0.1) is 5.92 Å². The Kier molecular flexibility index (Phi) is 3.15. The zero-order chi connectivity index (χ0) is 15.3. The average Bonchev–Trinajstić information content (AvgIpc) is 2.71. The van der Waals surface area contributed by atoms with Crippen molar-refractivity contribution >= 4 is 11.6 Å². The van der Waals surface area contributed by atoms with Crippen LogP contribution in [0.15, 0.2) is 36.0 Å². The van der Waals surface area contributed by atoms with E-state index in [1.807, 2.05) is 18.2 Å². The molecule has 1 amide bonds. The minimum absolute atomic E-state index is 0.0229. The maximum absolute atomic E-state index is 12.6. The van der Waals surface area contributed by atoms with Crippen molar-refractivity contribution in [2.24, 2.45) is 11.0 Å². The molecule has 22 heavy (non-hydrogen) atoms. The Balaban J connectivity index is 1.87. The van der Waals surface area contributed by atoms with Gasteiger partial charge in [-0.1, -0.05) is 18.2 Å². The molecule has 1 aliphatic carbocycles. The lowest BCUT2D eigenvalue weighted by molar-refractivity contribution is 0.0798. The number of rotatable bonds is 2. The number of likely N-dealkylation sites (tertiary alicyclic amines) is 1. The van der Waals surface area contributed by atoms with Gasteiger partial charge in [-0.2, -0.15) is 5.10 Å². The van der Waals surface area contributed by atoms with E-state index in [4.69, 9.17) is 0 Å². The SMILES string of the molecule is C=CCN1CC2CC(C1)c1cccc3c1CC2=NN(C)C3=O. The number of carbonyl (C=O) groups excluding carboxylic acids is 1. The van der Waals surface area contributed by atoms with E-state index in [0.29, 0.717) is 11.8 Å². The molecule has 0 spiro atoms. The van der Waals surface area contributed by atoms with E-state index >= 15 is 0 Å². The predicted octanol–water partition coefficient (Wildman–Crippen LogP) is 2.28. The standard InChI is InChI=1S/C18H21N3O/c1-3-7-21-10-12-8-13(11-21)17-9-16-14(12)5-4-6-15(16)18(22)20(2)19-17/h3-6,12-13H,1,7-11H2,2H3. The lowest BCUT2D eigenvalue weighted by Gasteiger charge is -2.37. The summed E-state index contributed by atoms with van der Waals surface area (Å²) in [7, 11) is 1.77. The molecule has 0 saturated carbocycles. The summed E-state index contributed by atoms with van der Waals surface area (Å²) in [5.74, 6) is 0.958. The van der Waals surface area contributed by atoms with Crippen molar-refractivity contribution in [3.63, 3.8) is 0 Å². The van der Waals surface area contributed by atoms with Gasteiger partial charge in [-0.3, -0.25) is 9.69 Å². The Labute approximate surface area is 131 Å². The number of fused-ring (bicyclic) bond motifs is 5. The minimum atomic E-state index is 0.0229. The van der Waals surface area contributed by atoms with E-state index in [1.165, 1.54) is 21.8 Å². The predicted molar refractivity (Wildman–Crippen MR) is 87.2 cm³/mol. The fourth-order valence-corrected chi connectivity index (χ4v) is 4.23. The highest BCUT2D eigenvalue weighted by Crippen LogP contribution is 2.39. The van der Waals surface area contributed by atoms with Crippen LogP contribution in [-0.2, 0) is 6.42 Å². The third kappa shape index (κ3) is 2.02. The van der Waals surface area contributed by atoms with Crippen molar-refractivity contribution in [3.05, 3.63) is 47.5 Å². The van der Waals surface area contributed by atoms with Crippen LogP contribution >= 0.6 is 0 Å². The van der Waals surface area contributed by atoms with Gasteiger partial charge in [0.1, 0.15) is 0 Å². The molecule has 2 heterocycles. The summed E-state index contributed by atoms with van der Waals surface area (Å²) in [5, 5.41) is 6.18. The first-order valence-corrected chi connectivity index (χ1v) is 7.98. The Bertz CT molecular complexity index is 679. The Hall–Kier alpha value is -1.94. The smallest absolute Gasteiger partial charge is 0.273 e. The minimum Gasteiger partial charge on any atom is -0.298 e. The molecular formula is C18H21N3O. The van der Waals surface area contributed by atoms with E-state index < -0.39 is 0 Å². The van der Waals surface area contributed by atoms with Crippen molar-refractivity contribution in [3.8, 4) is 0 Å². The fourth-order valence-electron chi connectivity index (χ4n) is 4.23. The van der Waals surface area contributed by atoms with Gasteiger partial charge in [-0.25, -0.2) is 5.01 Å². The lowest BCUT2D eigenvalue weighted by Crippen LogP contribution is -2.42. The Morgan fingerprint density at radius 1 is 1.36 bits per heavy atom. The molecular weight excluding hydrogens is 274 g/mol. The van der Waals surface area contributed by atoms with Crippen molar-refractivity contribution in [2.75, 3.05) is 26.7 Å². The van der Waals surface area contributed by atoms with Gasteiger partial charge in [0.2, 0.25) is 0 Å². The molecule has 1 saturated heterocycles. The average molecular weight is 295 g/mol. The van der Waals surface area contributed by atoms with Crippen LogP contribution in [0.5, 0.6) is 0 Å². The van der Waals surface area contributed by atoms with Crippen LogP contribution in [0.4, 0.5) is 0 Å². The summed E-state index contributed by atoms with van der Waals surface area (Å²) in [6, 6.07) is 6.18. The van der Waals surface area contributed by atoms with Crippen LogP contribution in [0.2, 0.25) is 0 Å². The summed E-state index contributed by atoms with van der Waals surface area (Å²) in [6.45, 7) is 6.87. The molecule has 1 aromatic carbocycles. The molecule has 2 unspecified atom stereocenters. The summed E-state index contributed by atoms with van der Waals surface area (Å²) < 4.78 is 0. The molecule has 4 nitrogen and oxygen atoms in total. The molecule has 4 heteroatoms. The zero-order valence-corrected chi connectivity index (χ0v) is 13.0. The molecule has 4 rings (SSSR count). The van der Waals surface area contributed by atoms with Crippen molar-refractivity contribution in [1.29, 1.82) is 0 Å². The fraction of sp³-hybridized carbons (Fsp3) is 0.444. The monoisotopic (exact) mass is 295 g/mol. The second kappa shape index (κ2) is 5.06. The van der Waals surface area contributed by atoms with Gasteiger partial charge >= 0.3 is 0 Å². The number of hydrazone groups is 1. The maximum atomic E-state index is 12.6. The lowest BCUT2D eigenvalue weighted by atomic mass is 9.84. The van der Waals surface area contributed by atoms with E-state index in [1.54, 1.807) is 7.05 Å². The molecule has 0 aromatic heterocycles. The Morgan fingerprint density at radius 3 is 3.00 bits per heavy atom. The second-order valence-electron chi connectivity index (χ2n) is 6.61. The van der Waals surface area contributed by atoms with Crippen molar-refractivity contribution in [2.45, 2.75) is 18.8 Å². The van der Waals surface area contributed by atoms with E-state index in [9.17, 15) is 4.79 Å². The van der Waals surface area contributed by atoms with Crippen LogP contribution in [0.25, 0.3) is 0 Å². The second-order valence-corrected chi connectivity index (χ2v) is 6.61. The summed E-state index contributed by atoms with van der Waals surface area (Å²) in [4.78, 5) is 15.0. The molecule has 0 N–H and O–H groups in total. The van der Waals surface area contributed by atoms with Crippen molar-refractivity contribution < 1.29 is 4.79 Å². The highest BCUT2D eigenvalue weighted by molar-refractivity contribution is 6.02. The third-order valence-electron chi connectivity index (χ3n) is 5.20. The number of hydrogen-bond donors (Lipinski definition) is 0. The van der Waals surface area contributed by atoms with Gasteiger partial charge in [0.15, 0.2) is 0 Å². The third-order valence-corrected chi connectivity index (χ3v) is 5.20. The molecule has 2 atom stereocenters. The normalized spacial score (nSPS) is 27.0. The molecule has 4 bridgehead atoms. The molecule has 0 radical (unpaired) electrons. The highest BCUT2D eigenvalue weighted by atomic mass is 16.2. The molecule has 114 valence electrons. The molecule has 3 aliphatic rings. The van der Waals surface area contributed by atoms with E-state index in [0.717, 1.165) is 38.0 Å². The quantitative estimate of drug-likeness (QED) is 0.785. The molecule has 1 aromatic rings. The summed E-state index contributed by atoms with van der Waals surface area (Å²) in [6.07, 6.45) is 3.95. The largest absolute Gasteiger partial charge is 0.298 e. The van der Waals surface area contributed by atoms with Gasteiger partial charge in [-0.05, 0) is 29.5 Å². The van der Waals surface area contributed by atoms with Crippen LogP contribution in [0.3, 0.4) is 0 Å². The number of amides is 1. The number of carbonyl (C=O) groups is 1. The first-order chi connectivity index (χ1) is 10.7. The molecule has 1 fully saturated rings. The number of hydrogen-bond acceptors (Lipinski definition) is 3. The summed E-state index contributed by atoms with van der Waals surface area (Å²) in [5.41, 5.74) is 4.56. The van der Waals surface area contributed by atoms with E-state index in [2.05, 4.69) is 22.6 Å². The zero-order valence-electron chi connectivity index (χ0n) is 13.0. The summed E-state index contributed by atoms with van der Waals surface area (Å²) >= 11 is 0. The Morgan fingerprint density at radius 2 is 2.18 bits per heavy atom. The van der Waals surface area contributed by atoms with Gasteiger partial charge in [-0.15, -0.1) is 6.58 Å². The van der Waals surface area contributed by atoms with Gasteiger partial charge in [0.05, 0.1) is 0 Å². The van der Waals surface area contributed by atoms with Gasteiger partial charge in [0, 0.05) is 50.3 Å². The number of piperidine rings is 1. The number of benzene rings is 1. The first-order valence-electron chi connectivity index (χ1n) is 7.98. The van der Waals surface area contributed by atoms with E-state index in [-0.39, 0.29) is 5.91 Å². The topological polar surface area (TPSA) is 35.9 Å². The van der Waals surface area contributed by atoms with Gasteiger partial charge < -0.3 is 0 Å². The van der Waals surface area contributed by atoms with Crippen LogP contribution in [-0.4, -0.2) is 48.2 Å². The first kappa shape index (κ1) is 13.7. The van der Waals surface area contributed by atoms with Gasteiger partial charge in [0.25, 0.3) is 5.91 Å². The highest BCUT2D eigenvalue weighted by Gasteiger charge is 2.38. The molecule has 2 aliphatic heterocycles. The van der Waals surface area contributed by atoms with Crippen LogP contribution in [0.1, 0.15) is 33.8 Å². The van der Waals surface area contributed by atoms with Crippen LogP contribution < -0.4 is 0 Å². The number of nitrogens with zero attached hydrogens (tertiary/aromatic N) is 3. The van der Waals surface area contributed by atoms with Crippen molar-refractivity contribution in [1.82, 2.24) is 9.91 Å². The maximum Gasteiger partial charge on any atom is 0.273 e.